The van der Waals surface area contributed by atoms with Crippen molar-refractivity contribution in [2.75, 3.05) is 6.54 Å². The van der Waals surface area contributed by atoms with Crippen LogP contribution in [0, 0.1) is 5.92 Å². The lowest BCUT2D eigenvalue weighted by Gasteiger charge is -2.09. The summed E-state index contributed by atoms with van der Waals surface area (Å²) in [5.41, 5.74) is 0. The Bertz CT molecular complexity index is 334. The fourth-order valence-electron chi connectivity index (χ4n) is 2.11. The molecule has 16 heavy (non-hydrogen) atoms. The molecule has 1 aliphatic rings. The van der Waals surface area contributed by atoms with Gasteiger partial charge in [-0.3, -0.25) is 0 Å². The Labute approximate surface area is 112 Å². The molecule has 0 amide bonds. The third-order valence-electron chi connectivity index (χ3n) is 2.94. The van der Waals surface area contributed by atoms with Crippen LogP contribution >= 0.6 is 31.9 Å². The lowest BCUT2D eigenvalue weighted by atomic mass is 10.1. The number of hydrogen-bond donors (Lipinski definition) is 2. The van der Waals surface area contributed by atoms with Gasteiger partial charge in [-0.2, -0.15) is 0 Å². The molecule has 1 aliphatic carbocycles. The van der Waals surface area contributed by atoms with E-state index in [4.69, 9.17) is 4.42 Å². The molecule has 2 N–H and O–H groups in total. The molecule has 0 saturated heterocycles. The quantitative estimate of drug-likeness (QED) is 0.875. The van der Waals surface area contributed by atoms with Crippen molar-refractivity contribution in [2.45, 2.75) is 31.9 Å². The van der Waals surface area contributed by atoms with Crippen molar-refractivity contribution in [3.8, 4) is 0 Å². The topological polar surface area (TPSA) is 45.4 Å². The summed E-state index contributed by atoms with van der Waals surface area (Å²) in [7, 11) is 0. The Morgan fingerprint density at radius 3 is 2.81 bits per heavy atom. The van der Waals surface area contributed by atoms with E-state index in [-0.39, 0.29) is 6.10 Å². The lowest BCUT2D eigenvalue weighted by Crippen LogP contribution is -2.21. The first-order valence-corrected chi connectivity index (χ1v) is 7.06. The summed E-state index contributed by atoms with van der Waals surface area (Å²) in [6, 6.07) is 1.96. The number of rotatable bonds is 4. The molecule has 2 unspecified atom stereocenters. The van der Waals surface area contributed by atoms with E-state index in [2.05, 4.69) is 37.2 Å². The largest absolute Gasteiger partial charge is 0.452 e. The Morgan fingerprint density at radius 1 is 1.44 bits per heavy atom. The number of nitrogens with one attached hydrogen (secondary N) is 1. The fourth-order valence-corrected chi connectivity index (χ4v) is 2.77. The monoisotopic (exact) mass is 351 g/mol. The molecule has 0 bridgehead atoms. The minimum Gasteiger partial charge on any atom is -0.452 e. The van der Waals surface area contributed by atoms with Crippen LogP contribution in [0.25, 0.3) is 0 Å². The number of aliphatic hydroxyl groups excluding tert-OH is 1. The molecule has 5 heteroatoms. The van der Waals surface area contributed by atoms with E-state index >= 15 is 0 Å². The minimum absolute atomic E-state index is 0.0845. The summed E-state index contributed by atoms with van der Waals surface area (Å²) in [6.07, 6.45) is 2.92. The molecule has 1 aromatic heterocycles. The molecule has 1 heterocycles. The molecule has 1 saturated carbocycles. The number of hydrogen-bond acceptors (Lipinski definition) is 3. The fraction of sp³-hybridized carbons (Fsp3) is 0.636. The highest BCUT2D eigenvalue weighted by atomic mass is 79.9. The van der Waals surface area contributed by atoms with Crippen molar-refractivity contribution in [3.05, 3.63) is 21.0 Å². The first kappa shape index (κ1) is 12.6. The maximum absolute atomic E-state index is 9.40. The summed E-state index contributed by atoms with van der Waals surface area (Å²) in [4.78, 5) is 0. The third-order valence-corrected chi connectivity index (χ3v) is 4.65. The highest BCUT2D eigenvalue weighted by Crippen LogP contribution is 2.27. The standard InChI is InChI=1S/C11H15Br2NO2/c12-10-4-9(16-11(10)13)6-14-5-7-1-2-8(15)3-7/h4,7-8,14-15H,1-3,5-6H2. The molecule has 2 rings (SSSR count). The summed E-state index contributed by atoms with van der Waals surface area (Å²) < 4.78 is 7.14. The molecular formula is C11H15Br2NO2. The second-order valence-corrected chi connectivity index (χ2v) is 5.87. The Hall–Kier alpha value is 0.160. The molecule has 1 fully saturated rings. The molecule has 0 aromatic carbocycles. The third kappa shape index (κ3) is 3.32. The van der Waals surface area contributed by atoms with Gasteiger partial charge in [-0.15, -0.1) is 0 Å². The van der Waals surface area contributed by atoms with Gasteiger partial charge in [0.1, 0.15) is 5.76 Å². The van der Waals surface area contributed by atoms with Crippen LogP contribution in [-0.4, -0.2) is 17.8 Å². The lowest BCUT2D eigenvalue weighted by molar-refractivity contribution is 0.177. The van der Waals surface area contributed by atoms with E-state index in [1.54, 1.807) is 0 Å². The minimum atomic E-state index is -0.0845. The van der Waals surface area contributed by atoms with E-state index < -0.39 is 0 Å². The van der Waals surface area contributed by atoms with Crippen molar-refractivity contribution >= 4 is 31.9 Å². The molecule has 3 nitrogen and oxygen atoms in total. The van der Waals surface area contributed by atoms with E-state index in [9.17, 15) is 5.11 Å². The van der Waals surface area contributed by atoms with Crippen molar-refractivity contribution < 1.29 is 9.52 Å². The highest BCUT2D eigenvalue weighted by molar-refractivity contribution is 9.13. The average molecular weight is 353 g/mol. The van der Waals surface area contributed by atoms with Crippen molar-refractivity contribution in [1.29, 1.82) is 0 Å². The molecule has 0 spiro atoms. The van der Waals surface area contributed by atoms with Gasteiger partial charge in [0, 0.05) is 0 Å². The Kier molecular flexibility index (Phi) is 4.47. The van der Waals surface area contributed by atoms with E-state index in [0.717, 1.165) is 47.3 Å². The summed E-state index contributed by atoms with van der Waals surface area (Å²) in [6.45, 7) is 1.68. The van der Waals surface area contributed by atoms with Crippen LogP contribution in [0.4, 0.5) is 0 Å². The second-order valence-electron chi connectivity index (χ2n) is 4.30. The number of furan rings is 1. The maximum Gasteiger partial charge on any atom is 0.183 e. The molecular weight excluding hydrogens is 338 g/mol. The van der Waals surface area contributed by atoms with Crippen LogP contribution in [0.3, 0.4) is 0 Å². The van der Waals surface area contributed by atoms with Gasteiger partial charge in [0.15, 0.2) is 4.67 Å². The number of halogens is 2. The zero-order valence-electron chi connectivity index (χ0n) is 8.88. The highest BCUT2D eigenvalue weighted by Gasteiger charge is 2.22. The molecule has 90 valence electrons. The molecule has 2 atom stereocenters. The summed E-state index contributed by atoms with van der Waals surface area (Å²) >= 11 is 6.69. The van der Waals surface area contributed by atoms with Crippen LogP contribution < -0.4 is 5.32 Å². The van der Waals surface area contributed by atoms with Crippen LogP contribution in [0.1, 0.15) is 25.0 Å². The smallest absolute Gasteiger partial charge is 0.183 e. The SMILES string of the molecule is OC1CCC(CNCc2cc(Br)c(Br)o2)C1. The average Bonchev–Trinajstić information content (AvgIpc) is 2.75. The van der Waals surface area contributed by atoms with E-state index in [1.165, 1.54) is 0 Å². The van der Waals surface area contributed by atoms with Gasteiger partial charge in [0.05, 0.1) is 17.1 Å². The number of aliphatic hydroxyl groups is 1. The van der Waals surface area contributed by atoms with Gasteiger partial charge >= 0.3 is 0 Å². The Balaban J connectivity index is 1.72. The van der Waals surface area contributed by atoms with Crippen LogP contribution in [-0.2, 0) is 6.54 Å². The van der Waals surface area contributed by atoms with Crippen molar-refractivity contribution in [3.63, 3.8) is 0 Å². The van der Waals surface area contributed by atoms with Crippen molar-refractivity contribution in [2.24, 2.45) is 5.92 Å². The van der Waals surface area contributed by atoms with Gasteiger partial charge in [0.25, 0.3) is 0 Å². The van der Waals surface area contributed by atoms with Crippen LogP contribution in [0.15, 0.2) is 19.6 Å². The van der Waals surface area contributed by atoms with Gasteiger partial charge in [0.2, 0.25) is 0 Å². The van der Waals surface area contributed by atoms with Gasteiger partial charge in [-0.05, 0) is 69.7 Å². The van der Waals surface area contributed by atoms with Gasteiger partial charge < -0.3 is 14.8 Å². The van der Waals surface area contributed by atoms with Crippen LogP contribution in [0.2, 0.25) is 0 Å². The zero-order chi connectivity index (χ0) is 11.5. The maximum atomic E-state index is 9.40. The second kappa shape index (κ2) is 5.67. The van der Waals surface area contributed by atoms with Crippen molar-refractivity contribution in [1.82, 2.24) is 5.32 Å². The normalized spacial score (nSPS) is 25.2. The predicted molar refractivity (Wildman–Crippen MR) is 69.2 cm³/mol. The molecule has 1 aromatic rings. The molecule has 0 aliphatic heterocycles. The van der Waals surface area contributed by atoms with E-state index in [0.29, 0.717) is 5.92 Å². The predicted octanol–water partition coefficient (Wildman–Crippen LogP) is 3.06. The summed E-state index contributed by atoms with van der Waals surface area (Å²) in [5.74, 6) is 1.52. The Morgan fingerprint density at radius 2 is 2.25 bits per heavy atom. The van der Waals surface area contributed by atoms with Gasteiger partial charge in [-0.1, -0.05) is 0 Å². The van der Waals surface area contributed by atoms with E-state index in [1.807, 2.05) is 6.07 Å². The first-order valence-electron chi connectivity index (χ1n) is 5.47. The summed E-state index contributed by atoms with van der Waals surface area (Å²) in [5, 5.41) is 12.8. The molecule has 0 radical (unpaired) electrons. The first-order chi connectivity index (χ1) is 7.65. The van der Waals surface area contributed by atoms with Gasteiger partial charge in [-0.25, -0.2) is 0 Å². The van der Waals surface area contributed by atoms with Crippen LogP contribution in [0.5, 0.6) is 0 Å². The zero-order valence-corrected chi connectivity index (χ0v) is 12.1.